The van der Waals surface area contributed by atoms with Crippen molar-refractivity contribution in [3.8, 4) is 22.8 Å². The van der Waals surface area contributed by atoms with Crippen molar-refractivity contribution in [2.45, 2.75) is 13.1 Å². The maximum atomic E-state index is 12.4. The number of rotatable bonds is 5. The molecule has 0 unspecified atom stereocenters. The molecule has 1 aromatic heterocycles. The molecule has 3 aromatic rings. The van der Waals surface area contributed by atoms with E-state index in [9.17, 15) is 4.79 Å². The van der Waals surface area contributed by atoms with Gasteiger partial charge in [0.05, 0.1) is 12.2 Å². The highest BCUT2D eigenvalue weighted by atomic mass is 16.6. The summed E-state index contributed by atoms with van der Waals surface area (Å²) >= 11 is 0. The summed E-state index contributed by atoms with van der Waals surface area (Å²) in [6.07, 6.45) is 0. The molecule has 1 aliphatic rings. The second-order valence-electron chi connectivity index (χ2n) is 7.13. The van der Waals surface area contributed by atoms with Gasteiger partial charge in [0.2, 0.25) is 0 Å². The van der Waals surface area contributed by atoms with Gasteiger partial charge in [-0.2, -0.15) is 5.10 Å². The number of benzene rings is 2. The van der Waals surface area contributed by atoms with Crippen LogP contribution in [-0.4, -0.2) is 42.0 Å². The molecule has 0 bridgehead atoms. The summed E-state index contributed by atoms with van der Waals surface area (Å²) in [7, 11) is 4.07. The van der Waals surface area contributed by atoms with Crippen molar-refractivity contribution in [1.29, 1.82) is 0 Å². The van der Waals surface area contributed by atoms with E-state index in [1.54, 1.807) is 12.1 Å². The lowest BCUT2D eigenvalue weighted by atomic mass is 10.1. The van der Waals surface area contributed by atoms with Crippen molar-refractivity contribution < 1.29 is 9.47 Å². The molecule has 6 heteroatoms. The maximum Gasteiger partial charge on any atom is 0.267 e. The maximum absolute atomic E-state index is 12.4. The van der Waals surface area contributed by atoms with Crippen LogP contribution in [0.5, 0.6) is 11.5 Å². The minimum Gasteiger partial charge on any atom is -0.486 e. The first-order chi connectivity index (χ1) is 13.6. The highest BCUT2D eigenvalue weighted by Gasteiger charge is 2.13. The summed E-state index contributed by atoms with van der Waals surface area (Å²) in [4.78, 5) is 14.5. The Hall–Kier alpha value is -3.12. The van der Waals surface area contributed by atoms with E-state index in [2.05, 4.69) is 22.1 Å². The highest BCUT2D eigenvalue weighted by molar-refractivity contribution is 5.63. The molecule has 0 saturated carbocycles. The molecule has 2 aromatic carbocycles. The standard InChI is InChI=1S/C22H23N3O3/c1-24(2)14-16-4-3-5-17(12-16)15-25-22(26)9-7-19(23-25)18-6-8-20-21(13-18)28-11-10-27-20/h3-9,12-13H,10-11,14-15H2,1-2H3. The van der Waals surface area contributed by atoms with E-state index in [-0.39, 0.29) is 5.56 Å². The summed E-state index contributed by atoms with van der Waals surface area (Å²) in [6.45, 7) is 2.38. The zero-order valence-electron chi connectivity index (χ0n) is 16.1. The first-order valence-corrected chi connectivity index (χ1v) is 9.29. The molecule has 0 saturated heterocycles. The number of ether oxygens (including phenoxy) is 2. The van der Waals surface area contributed by atoms with Crippen LogP contribution in [0, 0.1) is 0 Å². The molecule has 28 heavy (non-hydrogen) atoms. The fourth-order valence-electron chi connectivity index (χ4n) is 3.28. The molecule has 0 radical (unpaired) electrons. The van der Waals surface area contributed by atoms with Gasteiger partial charge in [0, 0.05) is 18.2 Å². The Morgan fingerprint density at radius 1 is 0.964 bits per heavy atom. The Balaban J connectivity index is 1.62. The molecule has 0 aliphatic carbocycles. The molecule has 1 aliphatic heterocycles. The van der Waals surface area contributed by atoms with Gasteiger partial charge >= 0.3 is 0 Å². The number of hydrogen-bond acceptors (Lipinski definition) is 5. The van der Waals surface area contributed by atoms with Crippen LogP contribution in [0.25, 0.3) is 11.3 Å². The van der Waals surface area contributed by atoms with Gasteiger partial charge in [-0.25, -0.2) is 4.68 Å². The lowest BCUT2D eigenvalue weighted by Crippen LogP contribution is -2.23. The minimum absolute atomic E-state index is 0.126. The van der Waals surface area contributed by atoms with E-state index >= 15 is 0 Å². The van der Waals surface area contributed by atoms with E-state index in [0.717, 1.165) is 29.1 Å². The normalized spacial score (nSPS) is 13.0. The fraction of sp³-hybridized carbons (Fsp3) is 0.273. The van der Waals surface area contributed by atoms with Gasteiger partial charge < -0.3 is 14.4 Å². The smallest absolute Gasteiger partial charge is 0.267 e. The molecule has 0 N–H and O–H groups in total. The first-order valence-electron chi connectivity index (χ1n) is 9.29. The summed E-state index contributed by atoms with van der Waals surface area (Å²) < 4.78 is 12.7. The van der Waals surface area contributed by atoms with Crippen molar-refractivity contribution in [2.24, 2.45) is 0 Å². The van der Waals surface area contributed by atoms with E-state index in [1.165, 1.54) is 10.2 Å². The van der Waals surface area contributed by atoms with Gasteiger partial charge in [0.1, 0.15) is 13.2 Å². The monoisotopic (exact) mass is 377 g/mol. The van der Waals surface area contributed by atoms with Crippen molar-refractivity contribution in [1.82, 2.24) is 14.7 Å². The van der Waals surface area contributed by atoms with Gasteiger partial charge in [-0.1, -0.05) is 24.3 Å². The zero-order valence-corrected chi connectivity index (χ0v) is 16.1. The van der Waals surface area contributed by atoms with Crippen LogP contribution in [0.15, 0.2) is 59.4 Å². The lowest BCUT2D eigenvalue weighted by Gasteiger charge is -2.18. The third-order valence-electron chi connectivity index (χ3n) is 4.53. The molecule has 0 spiro atoms. The average molecular weight is 377 g/mol. The summed E-state index contributed by atoms with van der Waals surface area (Å²) in [5.74, 6) is 1.45. The van der Waals surface area contributed by atoms with Crippen LogP contribution >= 0.6 is 0 Å². The predicted octanol–water partition coefficient (Wildman–Crippen LogP) is 2.79. The molecule has 0 fully saturated rings. The summed E-state index contributed by atoms with van der Waals surface area (Å²) in [5.41, 5.74) is 3.74. The van der Waals surface area contributed by atoms with Crippen molar-refractivity contribution >= 4 is 0 Å². The number of fused-ring (bicyclic) bond motifs is 1. The van der Waals surface area contributed by atoms with E-state index in [4.69, 9.17) is 9.47 Å². The molecule has 6 nitrogen and oxygen atoms in total. The van der Waals surface area contributed by atoms with Crippen LogP contribution in [0.4, 0.5) is 0 Å². The number of nitrogens with zero attached hydrogens (tertiary/aromatic N) is 3. The highest BCUT2D eigenvalue weighted by Crippen LogP contribution is 2.33. The molecular weight excluding hydrogens is 354 g/mol. The van der Waals surface area contributed by atoms with Crippen LogP contribution in [0.2, 0.25) is 0 Å². The molecular formula is C22H23N3O3. The topological polar surface area (TPSA) is 56.6 Å². The molecule has 2 heterocycles. The Morgan fingerprint density at radius 2 is 1.75 bits per heavy atom. The third kappa shape index (κ3) is 4.07. The summed E-state index contributed by atoms with van der Waals surface area (Å²) in [6, 6.07) is 17.3. The molecule has 0 atom stereocenters. The Morgan fingerprint density at radius 3 is 2.57 bits per heavy atom. The molecule has 144 valence electrons. The third-order valence-corrected chi connectivity index (χ3v) is 4.53. The largest absolute Gasteiger partial charge is 0.486 e. The van der Waals surface area contributed by atoms with E-state index < -0.39 is 0 Å². The number of hydrogen-bond donors (Lipinski definition) is 0. The first kappa shape index (κ1) is 18.3. The SMILES string of the molecule is CN(C)Cc1cccc(Cn2nc(-c3ccc4c(c3)OCCO4)ccc2=O)c1. The second kappa shape index (κ2) is 7.86. The van der Waals surface area contributed by atoms with Crippen molar-refractivity contribution in [2.75, 3.05) is 27.3 Å². The lowest BCUT2D eigenvalue weighted by molar-refractivity contribution is 0.171. The van der Waals surface area contributed by atoms with E-state index in [1.807, 2.05) is 44.4 Å². The van der Waals surface area contributed by atoms with Crippen molar-refractivity contribution in [3.05, 3.63) is 76.1 Å². The Kier molecular flexibility index (Phi) is 5.12. The average Bonchev–Trinajstić information content (AvgIpc) is 2.69. The fourth-order valence-corrected chi connectivity index (χ4v) is 3.28. The van der Waals surface area contributed by atoms with Crippen LogP contribution in [-0.2, 0) is 13.1 Å². The van der Waals surface area contributed by atoms with Crippen LogP contribution in [0.1, 0.15) is 11.1 Å². The Bertz CT molecular complexity index is 1040. The molecule has 0 amide bonds. The zero-order chi connectivity index (χ0) is 19.5. The van der Waals surface area contributed by atoms with Gasteiger partial charge in [0.25, 0.3) is 5.56 Å². The van der Waals surface area contributed by atoms with Gasteiger partial charge in [-0.05, 0) is 49.5 Å². The van der Waals surface area contributed by atoms with Crippen molar-refractivity contribution in [3.63, 3.8) is 0 Å². The van der Waals surface area contributed by atoms with Crippen LogP contribution in [0.3, 0.4) is 0 Å². The minimum atomic E-state index is -0.126. The second-order valence-corrected chi connectivity index (χ2v) is 7.13. The van der Waals surface area contributed by atoms with Gasteiger partial charge in [0.15, 0.2) is 11.5 Å². The quantitative estimate of drug-likeness (QED) is 0.684. The van der Waals surface area contributed by atoms with Crippen LogP contribution < -0.4 is 15.0 Å². The predicted molar refractivity (Wildman–Crippen MR) is 108 cm³/mol. The number of aromatic nitrogens is 2. The summed E-state index contributed by atoms with van der Waals surface area (Å²) in [5, 5.41) is 4.57. The Labute approximate surface area is 163 Å². The van der Waals surface area contributed by atoms with Gasteiger partial charge in [-0.15, -0.1) is 0 Å². The van der Waals surface area contributed by atoms with Gasteiger partial charge in [-0.3, -0.25) is 4.79 Å². The van der Waals surface area contributed by atoms with E-state index in [0.29, 0.717) is 25.5 Å². The molecule has 4 rings (SSSR count).